The molecule has 0 aromatic heterocycles. The zero-order chi connectivity index (χ0) is 33.1. The Morgan fingerprint density at radius 2 is 1.60 bits per heavy atom. The molecule has 2 fully saturated rings. The van der Waals surface area contributed by atoms with Gasteiger partial charge in [0.15, 0.2) is 0 Å². The van der Waals surface area contributed by atoms with Crippen LogP contribution >= 0.6 is 0 Å². The van der Waals surface area contributed by atoms with Gasteiger partial charge < -0.3 is 24.6 Å². The van der Waals surface area contributed by atoms with Crippen molar-refractivity contribution in [1.82, 2.24) is 10.0 Å². The Morgan fingerprint density at radius 1 is 0.915 bits per heavy atom. The van der Waals surface area contributed by atoms with Gasteiger partial charge in [0.1, 0.15) is 12.4 Å². The van der Waals surface area contributed by atoms with Crippen LogP contribution in [0.3, 0.4) is 0 Å². The largest absolute Gasteiger partial charge is 0.489 e. The summed E-state index contributed by atoms with van der Waals surface area (Å²) in [6.07, 6.45) is 5.37. The van der Waals surface area contributed by atoms with E-state index in [4.69, 9.17) is 14.2 Å². The summed E-state index contributed by atoms with van der Waals surface area (Å²) in [6, 6.07) is 27.8. The van der Waals surface area contributed by atoms with Crippen molar-refractivity contribution in [3.05, 3.63) is 102 Å². The molecule has 0 spiro atoms. The van der Waals surface area contributed by atoms with Crippen molar-refractivity contribution in [3.63, 3.8) is 0 Å². The Labute approximate surface area is 279 Å². The van der Waals surface area contributed by atoms with Crippen LogP contribution in [-0.2, 0) is 37.5 Å². The van der Waals surface area contributed by atoms with Gasteiger partial charge in [0.05, 0.1) is 43.7 Å². The van der Waals surface area contributed by atoms with E-state index >= 15 is 0 Å². The number of hydrogen-bond acceptors (Lipinski definition) is 7. The van der Waals surface area contributed by atoms with E-state index in [1.165, 1.54) is 5.56 Å². The van der Waals surface area contributed by atoms with Gasteiger partial charge in [-0.2, -0.15) is 0 Å². The Kier molecular flexibility index (Phi) is 12.5. The average molecular weight is 665 g/mol. The summed E-state index contributed by atoms with van der Waals surface area (Å²) in [7, 11) is -3.42. The highest BCUT2D eigenvalue weighted by atomic mass is 32.2. The lowest BCUT2D eigenvalue weighted by molar-refractivity contribution is -0.137. The molecule has 254 valence electrons. The lowest BCUT2D eigenvalue weighted by Gasteiger charge is -2.33. The lowest BCUT2D eigenvalue weighted by atomic mass is 9.82. The van der Waals surface area contributed by atoms with E-state index in [0.717, 1.165) is 48.8 Å². The number of ether oxygens (including phenoxy) is 3. The predicted molar refractivity (Wildman–Crippen MR) is 181 cm³/mol. The smallest absolute Gasteiger partial charge is 0.228 e. The van der Waals surface area contributed by atoms with E-state index in [0.29, 0.717) is 38.4 Å². The van der Waals surface area contributed by atoms with Gasteiger partial charge in [-0.05, 0) is 79.7 Å². The number of aliphatic hydroxyl groups is 1. The fourth-order valence-corrected chi connectivity index (χ4v) is 7.52. The minimum Gasteiger partial charge on any atom is -0.489 e. The van der Waals surface area contributed by atoms with Gasteiger partial charge >= 0.3 is 0 Å². The Bertz CT molecular complexity index is 1510. The maximum absolute atomic E-state index is 13.6. The number of carbonyl (C=O) groups is 1. The summed E-state index contributed by atoms with van der Waals surface area (Å²) >= 11 is 0. The molecule has 3 aromatic rings. The van der Waals surface area contributed by atoms with Gasteiger partial charge in [0, 0.05) is 12.6 Å². The van der Waals surface area contributed by atoms with Gasteiger partial charge in [0.25, 0.3) is 0 Å². The van der Waals surface area contributed by atoms with Gasteiger partial charge in [-0.3, -0.25) is 4.79 Å². The highest BCUT2D eigenvalue weighted by molar-refractivity contribution is 7.88. The molecule has 0 heterocycles. The molecule has 0 aliphatic heterocycles. The first kappa shape index (κ1) is 35.0. The van der Waals surface area contributed by atoms with Gasteiger partial charge in [-0.1, -0.05) is 72.8 Å². The molecule has 0 saturated heterocycles. The van der Waals surface area contributed by atoms with Crippen molar-refractivity contribution in [1.29, 1.82) is 0 Å². The van der Waals surface area contributed by atoms with Gasteiger partial charge in [-0.25, -0.2) is 13.1 Å². The van der Waals surface area contributed by atoms with Crippen LogP contribution in [0.15, 0.2) is 84.9 Å². The van der Waals surface area contributed by atoms with Crippen molar-refractivity contribution in [2.45, 2.75) is 82.3 Å². The molecule has 0 unspecified atom stereocenters. The molecular weight excluding hydrogens is 616 g/mol. The van der Waals surface area contributed by atoms with E-state index in [1.807, 2.05) is 60.7 Å². The number of benzene rings is 3. The molecular formula is C37H48N2O7S. The molecule has 9 nitrogen and oxygen atoms in total. The maximum Gasteiger partial charge on any atom is 0.228 e. The molecule has 2 saturated carbocycles. The molecule has 5 rings (SSSR count). The number of aliphatic hydroxyl groups excluding tert-OH is 1. The summed E-state index contributed by atoms with van der Waals surface area (Å²) in [4.78, 5) is 13.6. The first-order chi connectivity index (χ1) is 22.7. The van der Waals surface area contributed by atoms with Crippen molar-refractivity contribution in [3.8, 4) is 5.75 Å². The minimum absolute atomic E-state index is 0.0207. The second-order valence-electron chi connectivity index (χ2n) is 13.1. The fourth-order valence-electron chi connectivity index (χ4n) is 6.72. The topological polar surface area (TPSA) is 123 Å². The van der Waals surface area contributed by atoms with Crippen LogP contribution < -0.4 is 14.8 Å². The maximum atomic E-state index is 13.6. The lowest BCUT2D eigenvalue weighted by Crippen LogP contribution is -2.47. The molecule has 0 bridgehead atoms. The van der Waals surface area contributed by atoms with Gasteiger partial charge in [-0.15, -0.1) is 0 Å². The molecule has 3 aromatic carbocycles. The third kappa shape index (κ3) is 10.9. The third-order valence-electron chi connectivity index (χ3n) is 9.24. The van der Waals surface area contributed by atoms with E-state index in [2.05, 4.69) is 34.3 Å². The number of nitrogens with one attached hydrogen (secondary N) is 2. The number of rotatable bonds is 16. The van der Waals surface area contributed by atoms with E-state index in [-0.39, 0.29) is 37.8 Å². The van der Waals surface area contributed by atoms with E-state index in [9.17, 15) is 18.3 Å². The standard InChI is InChI=1S/C37H48N2O7S/c1-47(42,43)39-32-19-20-37(22-32,36(41)38-23-33(40)26-44-24-28-9-4-2-5-10-28)27-46-34-17-15-30(16-18-34)31-13-8-14-35(21-31)45-25-29-11-6-3-7-12-29/h2-14,21,30,32-34,39-40H,15-20,22-27H2,1H3,(H,38,41)/t30?,32-,33-,34?,37-/m0/s1. The first-order valence-corrected chi connectivity index (χ1v) is 18.5. The summed E-state index contributed by atoms with van der Waals surface area (Å²) in [5, 5.41) is 13.4. The van der Waals surface area contributed by atoms with Crippen LogP contribution in [0.1, 0.15) is 67.6 Å². The number of amides is 1. The van der Waals surface area contributed by atoms with Crippen molar-refractivity contribution < 1.29 is 32.5 Å². The second-order valence-corrected chi connectivity index (χ2v) is 14.9. The van der Waals surface area contributed by atoms with Gasteiger partial charge in [0.2, 0.25) is 15.9 Å². The summed E-state index contributed by atoms with van der Waals surface area (Å²) in [5.74, 6) is 1.05. The molecule has 47 heavy (non-hydrogen) atoms. The normalized spacial score (nSPS) is 23.7. The van der Waals surface area contributed by atoms with Crippen molar-refractivity contribution >= 4 is 15.9 Å². The highest BCUT2D eigenvalue weighted by Crippen LogP contribution is 2.41. The molecule has 2 aliphatic carbocycles. The molecule has 3 atom stereocenters. The minimum atomic E-state index is -3.42. The van der Waals surface area contributed by atoms with Crippen LogP contribution in [0.25, 0.3) is 0 Å². The zero-order valence-corrected chi connectivity index (χ0v) is 28.0. The summed E-state index contributed by atoms with van der Waals surface area (Å²) < 4.78 is 44.7. The molecule has 3 N–H and O–H groups in total. The van der Waals surface area contributed by atoms with Crippen LogP contribution in [0.4, 0.5) is 0 Å². The Balaban J connectivity index is 1.11. The Morgan fingerprint density at radius 3 is 2.28 bits per heavy atom. The monoisotopic (exact) mass is 664 g/mol. The van der Waals surface area contributed by atoms with E-state index in [1.54, 1.807) is 0 Å². The fraction of sp³-hybridized carbons (Fsp3) is 0.486. The van der Waals surface area contributed by atoms with Crippen LogP contribution in [0.2, 0.25) is 0 Å². The summed E-state index contributed by atoms with van der Waals surface area (Å²) in [6.45, 7) is 1.24. The number of hydrogen-bond donors (Lipinski definition) is 3. The SMILES string of the molecule is CS(=O)(=O)N[C@H]1CC[C@](COC2CCC(c3cccc(OCc4ccccc4)c3)CC2)(C(=O)NC[C@H](O)COCc2ccccc2)C1. The zero-order valence-electron chi connectivity index (χ0n) is 27.2. The number of sulfonamides is 1. The molecule has 10 heteroatoms. The summed E-state index contributed by atoms with van der Waals surface area (Å²) in [5.41, 5.74) is 2.52. The Hall–Kier alpha value is -3.28. The highest BCUT2D eigenvalue weighted by Gasteiger charge is 2.46. The molecule has 1 amide bonds. The van der Waals surface area contributed by atoms with Crippen molar-refractivity contribution in [2.24, 2.45) is 5.41 Å². The quantitative estimate of drug-likeness (QED) is 0.195. The van der Waals surface area contributed by atoms with Crippen LogP contribution in [-0.4, -0.2) is 63.7 Å². The van der Waals surface area contributed by atoms with Crippen LogP contribution in [0, 0.1) is 5.41 Å². The van der Waals surface area contributed by atoms with Crippen LogP contribution in [0.5, 0.6) is 5.75 Å². The third-order valence-corrected chi connectivity index (χ3v) is 10.00. The molecule has 0 radical (unpaired) electrons. The average Bonchev–Trinajstić information content (AvgIpc) is 3.49. The van der Waals surface area contributed by atoms with E-state index < -0.39 is 21.5 Å². The number of carbonyl (C=O) groups excluding carboxylic acids is 1. The predicted octanol–water partition coefficient (Wildman–Crippen LogP) is 5.09. The first-order valence-electron chi connectivity index (χ1n) is 16.6. The van der Waals surface area contributed by atoms with Crippen molar-refractivity contribution in [2.75, 3.05) is 26.0 Å². The second kappa shape index (κ2) is 16.7. The molecule has 2 aliphatic rings.